The van der Waals surface area contributed by atoms with Gasteiger partial charge in [-0.1, -0.05) is 25.1 Å². The summed E-state index contributed by atoms with van der Waals surface area (Å²) < 4.78 is 11.8. The molecular weight excluding hydrogens is 272 g/mol. The van der Waals surface area contributed by atoms with E-state index in [2.05, 4.69) is 6.92 Å². The van der Waals surface area contributed by atoms with Crippen LogP contribution < -0.4 is 16.2 Å². The van der Waals surface area contributed by atoms with Gasteiger partial charge < -0.3 is 20.9 Å². The number of nitrogens with two attached hydrogens (primary N) is 2. The van der Waals surface area contributed by atoms with Crippen molar-refractivity contribution >= 4 is 17.4 Å². The van der Waals surface area contributed by atoms with Gasteiger partial charge in [0.15, 0.2) is 0 Å². The molecule has 3 atom stereocenters. The van der Waals surface area contributed by atoms with Gasteiger partial charge in [-0.15, -0.1) is 0 Å². The summed E-state index contributed by atoms with van der Waals surface area (Å²) >= 11 is 1.68. The number of ether oxygens (including phenoxy) is 2. The Kier molecular flexibility index (Phi) is 7.80. The summed E-state index contributed by atoms with van der Waals surface area (Å²) in [5.74, 6) is 0.837. The van der Waals surface area contributed by atoms with Crippen LogP contribution in [0.15, 0.2) is 24.3 Å². The van der Waals surface area contributed by atoms with E-state index in [0.717, 1.165) is 24.3 Å². The molecule has 0 amide bonds. The summed E-state index contributed by atoms with van der Waals surface area (Å²) in [6.45, 7) is 6.69. The quantitative estimate of drug-likeness (QED) is 0.541. The Balaban J connectivity index is 2.53. The number of hydrogen-bond acceptors (Lipinski definition) is 5. The third-order valence-corrected chi connectivity index (χ3v) is 3.90. The predicted octanol–water partition coefficient (Wildman–Crippen LogP) is 3.22. The van der Waals surface area contributed by atoms with Gasteiger partial charge in [0.1, 0.15) is 16.6 Å². The van der Waals surface area contributed by atoms with Crippen LogP contribution in [0.1, 0.15) is 33.6 Å². The van der Waals surface area contributed by atoms with Crippen LogP contribution in [-0.4, -0.2) is 23.5 Å². The van der Waals surface area contributed by atoms with Crippen LogP contribution in [0.2, 0.25) is 0 Å². The highest BCUT2D eigenvalue weighted by molar-refractivity contribution is 8.00. The largest absolute Gasteiger partial charge is 0.480 e. The standard InChI is InChI=1S/C15H26N2O2S/c1-4-5-15(20-12(3)18-11(2)10-16)19-14-8-6-13(17)7-9-14/h6-9,11-12,15H,4-5,10,16-17H2,1-3H3. The van der Waals surface area contributed by atoms with E-state index in [1.807, 2.05) is 38.1 Å². The van der Waals surface area contributed by atoms with Crippen LogP contribution in [0.5, 0.6) is 5.75 Å². The first-order chi connectivity index (χ1) is 9.55. The highest BCUT2D eigenvalue weighted by Crippen LogP contribution is 2.27. The number of thioether (sulfide) groups is 1. The third-order valence-electron chi connectivity index (χ3n) is 2.77. The molecule has 0 spiro atoms. The van der Waals surface area contributed by atoms with Crippen molar-refractivity contribution < 1.29 is 9.47 Å². The average Bonchev–Trinajstić information content (AvgIpc) is 2.41. The molecule has 114 valence electrons. The van der Waals surface area contributed by atoms with Crippen molar-refractivity contribution in [2.75, 3.05) is 12.3 Å². The number of anilines is 1. The molecule has 0 aromatic heterocycles. The number of benzene rings is 1. The Morgan fingerprint density at radius 1 is 1.20 bits per heavy atom. The minimum Gasteiger partial charge on any atom is -0.480 e. The average molecular weight is 298 g/mol. The summed E-state index contributed by atoms with van der Waals surface area (Å²) in [7, 11) is 0. The van der Waals surface area contributed by atoms with E-state index in [-0.39, 0.29) is 17.0 Å². The normalized spacial score (nSPS) is 15.6. The summed E-state index contributed by atoms with van der Waals surface area (Å²) in [6.07, 6.45) is 2.10. The van der Waals surface area contributed by atoms with Crippen LogP contribution in [0.3, 0.4) is 0 Å². The molecule has 0 bridgehead atoms. The maximum atomic E-state index is 5.99. The smallest absolute Gasteiger partial charge is 0.146 e. The summed E-state index contributed by atoms with van der Waals surface area (Å²) in [5.41, 5.74) is 12.1. The second-order valence-electron chi connectivity index (χ2n) is 4.79. The lowest BCUT2D eigenvalue weighted by Crippen LogP contribution is -2.25. The molecule has 1 aromatic rings. The fourth-order valence-corrected chi connectivity index (χ4v) is 2.94. The van der Waals surface area contributed by atoms with Crippen molar-refractivity contribution in [3.8, 4) is 5.75 Å². The molecule has 3 unspecified atom stereocenters. The van der Waals surface area contributed by atoms with Crippen molar-refractivity contribution in [3.63, 3.8) is 0 Å². The molecule has 1 aromatic carbocycles. The minimum absolute atomic E-state index is 0.0545. The lowest BCUT2D eigenvalue weighted by molar-refractivity contribution is 0.0606. The molecule has 0 aliphatic carbocycles. The molecule has 0 aliphatic rings. The SMILES string of the molecule is CCCC(Oc1ccc(N)cc1)SC(C)OC(C)CN. The lowest BCUT2D eigenvalue weighted by Gasteiger charge is -2.24. The zero-order valence-electron chi connectivity index (χ0n) is 12.5. The van der Waals surface area contributed by atoms with E-state index in [1.165, 1.54) is 0 Å². The molecule has 5 heteroatoms. The molecule has 0 saturated heterocycles. The van der Waals surface area contributed by atoms with E-state index in [0.29, 0.717) is 6.54 Å². The maximum Gasteiger partial charge on any atom is 0.146 e. The van der Waals surface area contributed by atoms with Crippen LogP contribution in [0, 0.1) is 0 Å². The Morgan fingerprint density at radius 2 is 1.85 bits per heavy atom. The third kappa shape index (κ3) is 6.50. The fourth-order valence-electron chi connectivity index (χ4n) is 1.72. The van der Waals surface area contributed by atoms with Crippen molar-refractivity contribution in [1.82, 2.24) is 0 Å². The topological polar surface area (TPSA) is 70.5 Å². The highest BCUT2D eigenvalue weighted by atomic mass is 32.2. The zero-order valence-corrected chi connectivity index (χ0v) is 13.4. The van der Waals surface area contributed by atoms with Gasteiger partial charge in [-0.05, 0) is 44.5 Å². The van der Waals surface area contributed by atoms with Gasteiger partial charge in [-0.2, -0.15) is 0 Å². The molecule has 20 heavy (non-hydrogen) atoms. The van der Waals surface area contributed by atoms with Crippen LogP contribution >= 0.6 is 11.8 Å². The van der Waals surface area contributed by atoms with Gasteiger partial charge in [0.25, 0.3) is 0 Å². The summed E-state index contributed by atoms with van der Waals surface area (Å²) in [4.78, 5) is 0. The monoisotopic (exact) mass is 298 g/mol. The second-order valence-corrected chi connectivity index (χ2v) is 6.25. The van der Waals surface area contributed by atoms with Gasteiger partial charge in [-0.25, -0.2) is 0 Å². The van der Waals surface area contributed by atoms with E-state index in [4.69, 9.17) is 20.9 Å². The Labute approximate surface area is 126 Å². The first-order valence-electron chi connectivity index (χ1n) is 7.08. The summed E-state index contributed by atoms with van der Waals surface area (Å²) in [5, 5.41) is 0. The molecule has 0 heterocycles. The van der Waals surface area contributed by atoms with E-state index in [1.54, 1.807) is 11.8 Å². The zero-order chi connectivity index (χ0) is 15.0. The highest BCUT2D eigenvalue weighted by Gasteiger charge is 2.17. The summed E-state index contributed by atoms with van der Waals surface area (Å²) in [6, 6.07) is 7.48. The maximum absolute atomic E-state index is 5.99. The van der Waals surface area contributed by atoms with Gasteiger partial charge >= 0.3 is 0 Å². The fraction of sp³-hybridized carbons (Fsp3) is 0.600. The first-order valence-corrected chi connectivity index (χ1v) is 8.02. The molecule has 1 rings (SSSR count). The molecule has 4 nitrogen and oxygen atoms in total. The van der Waals surface area contributed by atoms with E-state index in [9.17, 15) is 0 Å². The lowest BCUT2D eigenvalue weighted by atomic mass is 10.3. The minimum atomic E-state index is 0.0545. The predicted molar refractivity (Wildman–Crippen MR) is 86.8 cm³/mol. The Bertz CT molecular complexity index is 373. The van der Waals surface area contributed by atoms with Crippen molar-refractivity contribution in [2.45, 2.75) is 50.6 Å². The van der Waals surface area contributed by atoms with Gasteiger partial charge in [-0.3, -0.25) is 0 Å². The number of nitrogen functional groups attached to an aromatic ring is 1. The van der Waals surface area contributed by atoms with Crippen molar-refractivity contribution in [2.24, 2.45) is 5.73 Å². The van der Waals surface area contributed by atoms with E-state index >= 15 is 0 Å². The second kappa shape index (κ2) is 9.10. The van der Waals surface area contributed by atoms with Crippen molar-refractivity contribution in [3.05, 3.63) is 24.3 Å². The van der Waals surface area contributed by atoms with Crippen LogP contribution in [0.4, 0.5) is 5.69 Å². The Hall–Kier alpha value is -0.910. The van der Waals surface area contributed by atoms with Gasteiger partial charge in [0, 0.05) is 12.2 Å². The molecule has 0 aliphatic heterocycles. The Morgan fingerprint density at radius 3 is 2.40 bits per heavy atom. The molecule has 0 saturated carbocycles. The molecular formula is C15H26N2O2S. The van der Waals surface area contributed by atoms with Crippen LogP contribution in [0.25, 0.3) is 0 Å². The van der Waals surface area contributed by atoms with Gasteiger partial charge in [0.2, 0.25) is 0 Å². The molecule has 0 fully saturated rings. The van der Waals surface area contributed by atoms with Crippen molar-refractivity contribution in [1.29, 1.82) is 0 Å². The molecule has 4 N–H and O–H groups in total. The van der Waals surface area contributed by atoms with Crippen LogP contribution in [-0.2, 0) is 4.74 Å². The molecule has 0 radical (unpaired) electrons. The van der Waals surface area contributed by atoms with E-state index < -0.39 is 0 Å². The number of hydrogen-bond donors (Lipinski definition) is 2. The number of rotatable bonds is 9. The van der Waals surface area contributed by atoms with Gasteiger partial charge in [0.05, 0.1) is 6.10 Å². The first kappa shape index (κ1) is 17.1.